The van der Waals surface area contributed by atoms with Crippen LogP contribution in [0.5, 0.6) is 0 Å². The first kappa shape index (κ1) is 22.1. The molecule has 1 aromatic carbocycles. The number of halogens is 3. The van der Waals surface area contributed by atoms with Crippen LogP contribution in [0.25, 0.3) is 0 Å². The molecule has 1 heterocycles. The second-order valence-corrected chi connectivity index (χ2v) is 6.37. The second-order valence-electron chi connectivity index (χ2n) is 6.37. The first-order chi connectivity index (χ1) is 9.84. The number of hydrogen-bond acceptors (Lipinski definition) is 3. The van der Waals surface area contributed by atoms with Crippen molar-refractivity contribution in [3.63, 3.8) is 0 Å². The molecule has 1 fully saturated rings. The number of carbonyl (C=O) groups is 1. The van der Waals surface area contributed by atoms with E-state index < -0.39 is 5.54 Å². The SMILES string of the molecule is CC(C)(N)C(=O)NC1CCN(Cc2ccc(F)cc2)CC1.Cl.Cl. The molecular formula is C16H26Cl2FN3O. The van der Waals surface area contributed by atoms with Gasteiger partial charge in [0, 0.05) is 25.7 Å². The highest BCUT2D eigenvalue weighted by atomic mass is 35.5. The van der Waals surface area contributed by atoms with Crippen LogP contribution in [-0.4, -0.2) is 35.5 Å². The normalized spacial score (nSPS) is 16.2. The largest absolute Gasteiger partial charge is 0.352 e. The summed E-state index contributed by atoms with van der Waals surface area (Å²) in [6.07, 6.45) is 1.84. The number of nitrogens with two attached hydrogens (primary N) is 1. The summed E-state index contributed by atoms with van der Waals surface area (Å²) < 4.78 is 12.9. The van der Waals surface area contributed by atoms with Crippen molar-refractivity contribution in [2.45, 2.75) is 44.8 Å². The molecule has 1 aliphatic rings. The van der Waals surface area contributed by atoms with Gasteiger partial charge in [-0.05, 0) is 44.4 Å². The van der Waals surface area contributed by atoms with E-state index in [9.17, 15) is 9.18 Å². The van der Waals surface area contributed by atoms with Crippen molar-refractivity contribution in [1.29, 1.82) is 0 Å². The molecule has 0 bridgehead atoms. The van der Waals surface area contributed by atoms with Crippen LogP contribution < -0.4 is 11.1 Å². The van der Waals surface area contributed by atoms with Gasteiger partial charge in [-0.2, -0.15) is 0 Å². The molecule has 7 heteroatoms. The number of benzene rings is 1. The molecule has 1 aromatic rings. The number of hydrogen-bond donors (Lipinski definition) is 2. The van der Waals surface area contributed by atoms with Crippen LogP contribution in [0.15, 0.2) is 24.3 Å². The van der Waals surface area contributed by atoms with Crippen molar-refractivity contribution in [3.05, 3.63) is 35.6 Å². The Balaban J connectivity index is 0.00000242. The molecule has 4 nitrogen and oxygen atoms in total. The standard InChI is InChI=1S/C16H24FN3O.2ClH/c1-16(2,18)15(21)19-14-7-9-20(10-8-14)11-12-3-5-13(17)6-4-12;;/h3-6,14H,7-11,18H2,1-2H3,(H,19,21);2*1H. The number of amides is 1. The maximum absolute atomic E-state index is 12.9. The Morgan fingerprint density at radius 1 is 1.26 bits per heavy atom. The lowest BCUT2D eigenvalue weighted by Gasteiger charge is -2.33. The van der Waals surface area contributed by atoms with E-state index in [0.717, 1.165) is 38.0 Å². The van der Waals surface area contributed by atoms with Crippen LogP contribution in [0.2, 0.25) is 0 Å². The van der Waals surface area contributed by atoms with Crippen LogP contribution in [0.3, 0.4) is 0 Å². The minimum Gasteiger partial charge on any atom is -0.352 e. The van der Waals surface area contributed by atoms with Crippen molar-refractivity contribution in [2.24, 2.45) is 5.73 Å². The fraction of sp³-hybridized carbons (Fsp3) is 0.562. The van der Waals surface area contributed by atoms with E-state index in [0.29, 0.717) is 0 Å². The minimum absolute atomic E-state index is 0. The molecule has 3 N–H and O–H groups in total. The Hall–Kier alpha value is -0.880. The summed E-state index contributed by atoms with van der Waals surface area (Å²) in [5.41, 5.74) is 6.07. The van der Waals surface area contributed by atoms with Gasteiger partial charge in [-0.3, -0.25) is 9.69 Å². The zero-order chi connectivity index (χ0) is 15.5. The lowest BCUT2D eigenvalue weighted by Crippen LogP contribution is -2.54. The fourth-order valence-corrected chi connectivity index (χ4v) is 2.45. The van der Waals surface area contributed by atoms with Gasteiger partial charge in [0.15, 0.2) is 0 Å². The van der Waals surface area contributed by atoms with Gasteiger partial charge in [0.05, 0.1) is 5.54 Å². The van der Waals surface area contributed by atoms with Crippen molar-refractivity contribution >= 4 is 30.7 Å². The third kappa shape index (κ3) is 7.04. The van der Waals surface area contributed by atoms with Crippen LogP contribution in [0.4, 0.5) is 4.39 Å². The Kier molecular flexibility index (Phi) is 9.06. The molecule has 0 aliphatic carbocycles. The zero-order valence-corrected chi connectivity index (χ0v) is 15.2. The van der Waals surface area contributed by atoms with Gasteiger partial charge < -0.3 is 11.1 Å². The summed E-state index contributed by atoms with van der Waals surface area (Å²) in [7, 11) is 0. The highest BCUT2D eigenvalue weighted by molar-refractivity contribution is 5.86. The summed E-state index contributed by atoms with van der Waals surface area (Å²) in [5.74, 6) is -0.302. The van der Waals surface area contributed by atoms with Gasteiger partial charge in [-0.25, -0.2) is 4.39 Å². The zero-order valence-electron chi connectivity index (χ0n) is 13.5. The van der Waals surface area contributed by atoms with Crippen molar-refractivity contribution in [3.8, 4) is 0 Å². The van der Waals surface area contributed by atoms with E-state index in [4.69, 9.17) is 5.73 Å². The summed E-state index contributed by atoms with van der Waals surface area (Å²) in [5, 5.41) is 3.01. The number of nitrogens with one attached hydrogen (secondary N) is 1. The van der Waals surface area contributed by atoms with Gasteiger partial charge >= 0.3 is 0 Å². The molecule has 0 radical (unpaired) electrons. The maximum atomic E-state index is 12.9. The van der Waals surface area contributed by atoms with E-state index in [1.54, 1.807) is 13.8 Å². The summed E-state index contributed by atoms with van der Waals surface area (Å²) >= 11 is 0. The summed E-state index contributed by atoms with van der Waals surface area (Å²) in [6.45, 7) is 6.10. The Bertz CT molecular complexity index is 483. The molecule has 1 amide bonds. The van der Waals surface area contributed by atoms with E-state index >= 15 is 0 Å². The molecule has 132 valence electrons. The lowest BCUT2D eigenvalue weighted by molar-refractivity contribution is -0.126. The van der Waals surface area contributed by atoms with Crippen LogP contribution in [0, 0.1) is 5.82 Å². The van der Waals surface area contributed by atoms with Gasteiger partial charge in [-0.15, -0.1) is 24.8 Å². The molecule has 23 heavy (non-hydrogen) atoms. The number of nitrogens with zero attached hydrogens (tertiary/aromatic N) is 1. The van der Waals surface area contributed by atoms with Crippen LogP contribution in [-0.2, 0) is 11.3 Å². The van der Waals surface area contributed by atoms with Crippen molar-refractivity contribution in [1.82, 2.24) is 10.2 Å². The highest BCUT2D eigenvalue weighted by Gasteiger charge is 2.26. The van der Waals surface area contributed by atoms with E-state index in [2.05, 4.69) is 10.2 Å². The van der Waals surface area contributed by atoms with E-state index in [-0.39, 0.29) is 42.6 Å². The highest BCUT2D eigenvalue weighted by Crippen LogP contribution is 2.15. The molecular weight excluding hydrogens is 340 g/mol. The molecule has 0 unspecified atom stereocenters. The number of rotatable bonds is 4. The summed E-state index contributed by atoms with van der Waals surface area (Å²) in [4.78, 5) is 14.2. The topological polar surface area (TPSA) is 58.4 Å². The van der Waals surface area contributed by atoms with Crippen molar-refractivity contribution < 1.29 is 9.18 Å². The predicted molar refractivity (Wildman–Crippen MR) is 95.6 cm³/mol. The van der Waals surface area contributed by atoms with E-state index in [1.807, 2.05) is 12.1 Å². The first-order valence-electron chi connectivity index (χ1n) is 7.41. The molecule has 1 saturated heterocycles. The third-order valence-corrected chi connectivity index (χ3v) is 3.83. The fourth-order valence-electron chi connectivity index (χ4n) is 2.45. The number of piperidine rings is 1. The quantitative estimate of drug-likeness (QED) is 0.861. The smallest absolute Gasteiger partial charge is 0.239 e. The molecule has 0 saturated carbocycles. The number of likely N-dealkylation sites (tertiary alicyclic amines) is 1. The monoisotopic (exact) mass is 365 g/mol. The van der Waals surface area contributed by atoms with Crippen molar-refractivity contribution in [2.75, 3.05) is 13.1 Å². The molecule has 0 atom stereocenters. The molecule has 1 aliphatic heterocycles. The third-order valence-electron chi connectivity index (χ3n) is 3.83. The van der Waals surface area contributed by atoms with Gasteiger partial charge in [-0.1, -0.05) is 12.1 Å². The first-order valence-corrected chi connectivity index (χ1v) is 7.41. The maximum Gasteiger partial charge on any atom is 0.239 e. The lowest BCUT2D eigenvalue weighted by atomic mass is 10.0. The average molecular weight is 366 g/mol. The van der Waals surface area contributed by atoms with E-state index in [1.165, 1.54) is 12.1 Å². The minimum atomic E-state index is -0.828. The Labute approximate surface area is 149 Å². The second kappa shape index (κ2) is 9.42. The van der Waals surface area contributed by atoms with Gasteiger partial charge in [0.2, 0.25) is 5.91 Å². The summed E-state index contributed by atoms with van der Waals surface area (Å²) in [6, 6.07) is 6.82. The Morgan fingerprint density at radius 2 is 1.78 bits per heavy atom. The predicted octanol–water partition coefficient (Wildman–Crippen LogP) is 2.49. The Morgan fingerprint density at radius 3 is 2.26 bits per heavy atom. The molecule has 0 aromatic heterocycles. The van der Waals surface area contributed by atoms with Crippen LogP contribution in [0.1, 0.15) is 32.3 Å². The van der Waals surface area contributed by atoms with Gasteiger partial charge in [0.1, 0.15) is 5.82 Å². The molecule has 0 spiro atoms. The average Bonchev–Trinajstić information content (AvgIpc) is 2.42. The molecule has 2 rings (SSSR count). The van der Waals surface area contributed by atoms with Crippen LogP contribution >= 0.6 is 24.8 Å². The van der Waals surface area contributed by atoms with Gasteiger partial charge in [0.25, 0.3) is 0 Å². The number of carbonyl (C=O) groups excluding carboxylic acids is 1.